The zero-order valence-electron chi connectivity index (χ0n) is 12.1. The lowest BCUT2D eigenvalue weighted by Gasteiger charge is -2.24. The van der Waals surface area contributed by atoms with E-state index in [9.17, 15) is 5.11 Å². The smallest absolute Gasteiger partial charge is 0.0526 e. The van der Waals surface area contributed by atoms with Crippen LogP contribution in [0.4, 0.5) is 0 Å². The van der Waals surface area contributed by atoms with E-state index in [1.165, 1.54) is 5.39 Å². The van der Waals surface area contributed by atoms with Crippen LogP contribution in [0.2, 0.25) is 0 Å². The zero-order chi connectivity index (χ0) is 14.5. The van der Waals surface area contributed by atoms with Gasteiger partial charge in [0.1, 0.15) is 0 Å². The molecule has 3 unspecified atom stereocenters. The maximum absolute atomic E-state index is 9.47. The number of fused-ring (bicyclic) bond motifs is 1. The monoisotopic (exact) mass is 273 g/mol. The van der Waals surface area contributed by atoms with Crippen molar-refractivity contribution in [2.24, 2.45) is 5.73 Å². The van der Waals surface area contributed by atoms with Gasteiger partial charge >= 0.3 is 0 Å². The highest BCUT2D eigenvalue weighted by molar-refractivity contribution is 5.85. The molecule has 1 aromatic carbocycles. The Balaban J connectivity index is 2.25. The summed E-state index contributed by atoms with van der Waals surface area (Å²) in [5.41, 5.74) is 7.04. The van der Waals surface area contributed by atoms with E-state index in [0.717, 1.165) is 10.9 Å². The highest BCUT2D eigenvalue weighted by atomic mass is 16.3. The lowest BCUT2D eigenvalue weighted by atomic mass is 10.0. The van der Waals surface area contributed by atoms with Gasteiger partial charge in [-0.25, -0.2) is 0 Å². The van der Waals surface area contributed by atoms with Crippen molar-refractivity contribution in [3.8, 4) is 0 Å². The fraction of sp³-hybridized carbons (Fsp3) is 0.438. The summed E-state index contributed by atoms with van der Waals surface area (Å²) < 4.78 is 0. The Kier molecular flexibility index (Phi) is 5.06. The van der Waals surface area contributed by atoms with Crippen LogP contribution in [0.5, 0.6) is 0 Å². The zero-order valence-corrected chi connectivity index (χ0v) is 12.1. The lowest BCUT2D eigenvalue weighted by molar-refractivity contribution is 0.168. The van der Waals surface area contributed by atoms with Gasteiger partial charge in [0.2, 0.25) is 0 Å². The van der Waals surface area contributed by atoms with Gasteiger partial charge in [0.15, 0.2) is 0 Å². The van der Waals surface area contributed by atoms with E-state index in [0.29, 0.717) is 13.0 Å². The van der Waals surface area contributed by atoms with Gasteiger partial charge < -0.3 is 16.2 Å². The van der Waals surface area contributed by atoms with Gasteiger partial charge in [-0.1, -0.05) is 24.3 Å². The minimum Gasteiger partial charge on any atom is -0.393 e. The fourth-order valence-electron chi connectivity index (χ4n) is 2.63. The quantitative estimate of drug-likeness (QED) is 0.752. The number of hydrogen-bond donors (Lipinski definition) is 3. The van der Waals surface area contributed by atoms with Crippen LogP contribution in [0.15, 0.2) is 36.7 Å². The van der Waals surface area contributed by atoms with Crippen molar-refractivity contribution < 1.29 is 5.11 Å². The number of benzene rings is 1. The summed E-state index contributed by atoms with van der Waals surface area (Å²) in [6, 6.07) is 8.42. The molecule has 1 aromatic heterocycles. The lowest BCUT2D eigenvalue weighted by Crippen LogP contribution is -2.36. The van der Waals surface area contributed by atoms with E-state index in [1.54, 1.807) is 6.92 Å². The minimum atomic E-state index is -0.318. The number of aliphatic hydroxyl groups is 1. The van der Waals surface area contributed by atoms with Crippen LogP contribution >= 0.6 is 0 Å². The topological polar surface area (TPSA) is 71.2 Å². The molecule has 0 aliphatic carbocycles. The van der Waals surface area contributed by atoms with Gasteiger partial charge in [0.05, 0.1) is 6.10 Å². The fourth-order valence-corrected chi connectivity index (χ4v) is 2.63. The second kappa shape index (κ2) is 6.79. The third kappa shape index (κ3) is 3.54. The SMILES string of the molecule is CC(O)CC(C)NC(CN)c1cncc2ccccc12. The number of pyridine rings is 1. The number of nitrogens with two attached hydrogens (primary N) is 1. The van der Waals surface area contributed by atoms with E-state index in [4.69, 9.17) is 5.73 Å². The molecule has 1 heterocycles. The molecule has 0 radical (unpaired) electrons. The molecule has 108 valence electrons. The molecule has 0 aliphatic rings. The summed E-state index contributed by atoms with van der Waals surface area (Å²) in [6.07, 6.45) is 4.13. The first-order valence-corrected chi connectivity index (χ1v) is 7.08. The summed E-state index contributed by atoms with van der Waals surface area (Å²) in [5.74, 6) is 0. The number of nitrogens with zero attached hydrogens (tertiary/aromatic N) is 1. The van der Waals surface area contributed by atoms with E-state index in [-0.39, 0.29) is 18.2 Å². The molecular formula is C16H23N3O. The first kappa shape index (κ1) is 14.9. The summed E-state index contributed by atoms with van der Waals surface area (Å²) in [5, 5.41) is 15.2. The average Bonchev–Trinajstić information content (AvgIpc) is 2.43. The van der Waals surface area contributed by atoms with Crippen molar-refractivity contribution >= 4 is 10.8 Å². The van der Waals surface area contributed by atoms with Crippen molar-refractivity contribution in [1.29, 1.82) is 0 Å². The Bertz CT molecular complexity index is 551. The minimum absolute atomic E-state index is 0.0438. The molecule has 20 heavy (non-hydrogen) atoms. The summed E-state index contributed by atoms with van der Waals surface area (Å²) in [4.78, 5) is 4.30. The van der Waals surface area contributed by atoms with Gasteiger partial charge in [-0.15, -0.1) is 0 Å². The van der Waals surface area contributed by atoms with Crippen LogP contribution in [-0.2, 0) is 0 Å². The number of nitrogens with one attached hydrogen (secondary N) is 1. The van der Waals surface area contributed by atoms with Crippen molar-refractivity contribution in [1.82, 2.24) is 10.3 Å². The van der Waals surface area contributed by atoms with Gasteiger partial charge in [-0.2, -0.15) is 0 Å². The van der Waals surface area contributed by atoms with Crippen LogP contribution in [0.1, 0.15) is 31.9 Å². The second-order valence-corrected chi connectivity index (χ2v) is 5.39. The molecule has 0 saturated heterocycles. The van der Waals surface area contributed by atoms with Gasteiger partial charge in [0, 0.05) is 36.4 Å². The maximum Gasteiger partial charge on any atom is 0.0526 e. The van der Waals surface area contributed by atoms with Crippen molar-refractivity contribution in [3.05, 3.63) is 42.2 Å². The standard InChI is InChI=1S/C16H23N3O/c1-11(7-12(2)20)19-16(8-17)15-10-18-9-13-5-3-4-6-14(13)15/h3-6,9-12,16,19-20H,7-8,17H2,1-2H3. The van der Waals surface area contributed by atoms with E-state index >= 15 is 0 Å². The molecule has 4 heteroatoms. The predicted octanol–water partition coefficient (Wildman–Crippen LogP) is 1.98. The predicted molar refractivity (Wildman–Crippen MR) is 82.4 cm³/mol. The Labute approximate surface area is 120 Å². The molecule has 0 amide bonds. The van der Waals surface area contributed by atoms with Crippen molar-refractivity contribution in [2.75, 3.05) is 6.54 Å². The number of hydrogen-bond acceptors (Lipinski definition) is 4. The number of aromatic nitrogens is 1. The normalized spacial score (nSPS) is 16.0. The highest BCUT2D eigenvalue weighted by Crippen LogP contribution is 2.23. The molecule has 3 atom stereocenters. The van der Waals surface area contributed by atoms with Crippen molar-refractivity contribution in [2.45, 2.75) is 38.5 Å². The molecule has 2 rings (SSSR count). The summed E-state index contributed by atoms with van der Waals surface area (Å²) >= 11 is 0. The summed E-state index contributed by atoms with van der Waals surface area (Å²) in [6.45, 7) is 4.36. The third-order valence-corrected chi connectivity index (χ3v) is 3.49. The van der Waals surface area contributed by atoms with Gasteiger partial charge in [0.25, 0.3) is 0 Å². The number of rotatable bonds is 6. The molecule has 0 saturated carbocycles. The molecule has 0 spiro atoms. The molecule has 0 fully saturated rings. The third-order valence-electron chi connectivity index (χ3n) is 3.49. The Morgan fingerprint density at radius 1 is 1.25 bits per heavy atom. The maximum atomic E-state index is 9.47. The molecule has 4 N–H and O–H groups in total. The average molecular weight is 273 g/mol. The second-order valence-electron chi connectivity index (χ2n) is 5.39. The largest absolute Gasteiger partial charge is 0.393 e. The molecule has 0 bridgehead atoms. The van der Waals surface area contributed by atoms with Crippen LogP contribution < -0.4 is 11.1 Å². The molecular weight excluding hydrogens is 250 g/mol. The first-order chi connectivity index (χ1) is 9.61. The van der Waals surface area contributed by atoms with E-state index < -0.39 is 0 Å². The van der Waals surface area contributed by atoms with Crippen LogP contribution in [0, 0.1) is 0 Å². The summed E-state index contributed by atoms with van der Waals surface area (Å²) in [7, 11) is 0. The Hall–Kier alpha value is -1.49. The number of aliphatic hydroxyl groups excluding tert-OH is 1. The van der Waals surface area contributed by atoms with Crippen LogP contribution in [-0.4, -0.2) is 28.8 Å². The van der Waals surface area contributed by atoms with Gasteiger partial charge in [-0.05, 0) is 31.2 Å². The Morgan fingerprint density at radius 3 is 2.70 bits per heavy atom. The highest BCUT2D eigenvalue weighted by Gasteiger charge is 2.16. The molecule has 2 aromatic rings. The van der Waals surface area contributed by atoms with Crippen molar-refractivity contribution in [3.63, 3.8) is 0 Å². The van der Waals surface area contributed by atoms with Crippen LogP contribution in [0.3, 0.4) is 0 Å². The van der Waals surface area contributed by atoms with Gasteiger partial charge in [-0.3, -0.25) is 4.98 Å². The molecule has 4 nitrogen and oxygen atoms in total. The first-order valence-electron chi connectivity index (χ1n) is 7.08. The molecule has 0 aliphatic heterocycles. The van der Waals surface area contributed by atoms with Crippen LogP contribution in [0.25, 0.3) is 10.8 Å². The van der Waals surface area contributed by atoms with E-state index in [1.807, 2.05) is 24.5 Å². The Morgan fingerprint density at radius 2 is 2.00 bits per heavy atom. The van der Waals surface area contributed by atoms with E-state index in [2.05, 4.69) is 29.4 Å².